The SMILES string of the molecule is CCO[Si](CCCCCCOc1ccc2cc(-c3ccccc3OC(F)(F)F)c(=O)oc2c1)(OCC)OCC. The van der Waals surface area contributed by atoms with E-state index in [0.717, 1.165) is 37.8 Å². The lowest BCUT2D eigenvalue weighted by Crippen LogP contribution is -2.45. The van der Waals surface area contributed by atoms with Gasteiger partial charge >= 0.3 is 20.8 Å². The maximum atomic E-state index is 12.8. The van der Waals surface area contributed by atoms with Gasteiger partial charge in [-0.1, -0.05) is 31.0 Å². The second kappa shape index (κ2) is 14.5. The summed E-state index contributed by atoms with van der Waals surface area (Å²) in [6, 6.07) is 12.7. The summed E-state index contributed by atoms with van der Waals surface area (Å²) < 4.78 is 71.4. The van der Waals surface area contributed by atoms with Crippen molar-refractivity contribution in [2.45, 2.75) is 58.9 Å². The molecule has 7 nitrogen and oxygen atoms in total. The van der Waals surface area contributed by atoms with Crippen LogP contribution in [0.3, 0.4) is 0 Å². The van der Waals surface area contributed by atoms with Crippen LogP contribution in [-0.2, 0) is 13.3 Å². The molecule has 0 N–H and O–H groups in total. The molecule has 0 unspecified atom stereocenters. The van der Waals surface area contributed by atoms with Crippen LogP contribution in [0.5, 0.6) is 11.5 Å². The molecule has 214 valence electrons. The summed E-state index contributed by atoms with van der Waals surface area (Å²) in [5.74, 6) is 0.0629. The van der Waals surface area contributed by atoms with Gasteiger partial charge in [-0.05, 0) is 57.9 Å². The predicted octanol–water partition coefficient (Wildman–Crippen LogP) is 7.35. The Morgan fingerprint density at radius 2 is 1.49 bits per heavy atom. The first-order valence-electron chi connectivity index (χ1n) is 13.2. The number of hydrogen-bond acceptors (Lipinski definition) is 7. The molecular weight excluding hydrogens is 533 g/mol. The van der Waals surface area contributed by atoms with Gasteiger partial charge in [0.25, 0.3) is 0 Å². The zero-order chi connectivity index (χ0) is 28.3. The average Bonchev–Trinajstić information content (AvgIpc) is 2.88. The van der Waals surface area contributed by atoms with Crippen LogP contribution in [0, 0.1) is 0 Å². The molecule has 0 saturated heterocycles. The highest BCUT2D eigenvalue weighted by molar-refractivity contribution is 6.60. The van der Waals surface area contributed by atoms with E-state index in [2.05, 4.69) is 4.74 Å². The van der Waals surface area contributed by atoms with Gasteiger partial charge in [0.15, 0.2) is 0 Å². The average molecular weight is 569 g/mol. The summed E-state index contributed by atoms with van der Waals surface area (Å²) in [7, 11) is -2.61. The van der Waals surface area contributed by atoms with Gasteiger partial charge in [-0.25, -0.2) is 4.79 Å². The van der Waals surface area contributed by atoms with Gasteiger partial charge < -0.3 is 27.2 Å². The van der Waals surface area contributed by atoms with Crippen molar-refractivity contribution < 1.29 is 40.3 Å². The largest absolute Gasteiger partial charge is 0.573 e. The summed E-state index contributed by atoms with van der Waals surface area (Å²) in [6.07, 6.45) is -1.17. The molecule has 39 heavy (non-hydrogen) atoms. The zero-order valence-corrected chi connectivity index (χ0v) is 23.5. The van der Waals surface area contributed by atoms with E-state index in [1.54, 1.807) is 18.2 Å². The molecule has 0 amide bonds. The molecule has 0 aliphatic carbocycles. The van der Waals surface area contributed by atoms with Crippen molar-refractivity contribution in [2.75, 3.05) is 26.4 Å². The van der Waals surface area contributed by atoms with E-state index in [1.807, 2.05) is 20.8 Å². The number of unbranched alkanes of at least 4 members (excludes halogenated alkanes) is 3. The van der Waals surface area contributed by atoms with Crippen LogP contribution in [0.25, 0.3) is 22.1 Å². The van der Waals surface area contributed by atoms with E-state index >= 15 is 0 Å². The number of para-hydroxylation sites is 1. The monoisotopic (exact) mass is 568 g/mol. The second-order valence-electron chi connectivity index (χ2n) is 8.69. The van der Waals surface area contributed by atoms with Gasteiger partial charge in [0.2, 0.25) is 0 Å². The Morgan fingerprint density at radius 1 is 0.821 bits per heavy atom. The molecule has 0 spiro atoms. The van der Waals surface area contributed by atoms with Gasteiger partial charge in [-0.15, -0.1) is 13.2 Å². The van der Waals surface area contributed by atoms with Crippen molar-refractivity contribution in [1.82, 2.24) is 0 Å². The van der Waals surface area contributed by atoms with Crippen molar-refractivity contribution in [1.29, 1.82) is 0 Å². The minimum absolute atomic E-state index is 0.00511. The number of rotatable bonds is 16. The lowest BCUT2D eigenvalue weighted by Gasteiger charge is -2.28. The van der Waals surface area contributed by atoms with Gasteiger partial charge in [-0.3, -0.25) is 0 Å². The van der Waals surface area contributed by atoms with Crippen LogP contribution < -0.4 is 15.1 Å². The van der Waals surface area contributed by atoms with Crippen LogP contribution in [0.1, 0.15) is 46.5 Å². The Hall–Kier alpha value is -2.86. The molecule has 1 heterocycles. The highest BCUT2D eigenvalue weighted by atomic mass is 28.4. The van der Waals surface area contributed by atoms with Crippen molar-refractivity contribution in [2.24, 2.45) is 0 Å². The third kappa shape index (κ3) is 9.09. The molecule has 0 aliphatic heterocycles. The molecule has 0 aliphatic rings. The third-order valence-electron chi connectivity index (χ3n) is 5.85. The smallest absolute Gasteiger partial charge is 0.493 e. The molecule has 3 rings (SSSR count). The Bertz CT molecular complexity index is 1230. The van der Waals surface area contributed by atoms with Gasteiger partial charge in [0.1, 0.15) is 17.1 Å². The van der Waals surface area contributed by atoms with Crippen LogP contribution in [0.15, 0.2) is 57.7 Å². The lowest BCUT2D eigenvalue weighted by atomic mass is 10.0. The van der Waals surface area contributed by atoms with Crippen LogP contribution in [0.4, 0.5) is 13.2 Å². The topological polar surface area (TPSA) is 76.4 Å². The highest BCUT2D eigenvalue weighted by Gasteiger charge is 2.39. The molecule has 2 aromatic carbocycles. The summed E-state index contributed by atoms with van der Waals surface area (Å²) in [4.78, 5) is 12.6. The second-order valence-corrected chi connectivity index (χ2v) is 11.4. The quantitative estimate of drug-likeness (QED) is 0.102. The standard InChI is InChI=1S/C28H35F3O7Si/c1-4-34-39(35-5-2,36-6-3)18-12-8-7-11-17-33-22-16-15-21-19-24(27(32)37-26(21)20-22)23-13-9-10-14-25(23)38-28(29,30)31/h9-10,13-16,19-20H,4-8,11-12,17-18H2,1-3H3. The first-order valence-corrected chi connectivity index (χ1v) is 15.1. The summed E-state index contributed by atoms with van der Waals surface area (Å²) in [6.45, 7) is 8.01. The molecule has 0 radical (unpaired) electrons. The minimum atomic E-state index is -4.89. The first-order chi connectivity index (χ1) is 18.7. The molecule has 0 saturated carbocycles. The number of ether oxygens (including phenoxy) is 2. The Morgan fingerprint density at radius 3 is 2.15 bits per heavy atom. The van der Waals surface area contributed by atoms with Crippen LogP contribution in [-0.4, -0.2) is 41.6 Å². The van der Waals surface area contributed by atoms with E-state index in [4.69, 9.17) is 22.4 Å². The van der Waals surface area contributed by atoms with Gasteiger partial charge in [-0.2, -0.15) is 0 Å². The van der Waals surface area contributed by atoms with Crippen LogP contribution in [0.2, 0.25) is 6.04 Å². The highest BCUT2D eigenvalue weighted by Crippen LogP contribution is 2.33. The first kappa shape index (κ1) is 30.7. The summed E-state index contributed by atoms with van der Waals surface area (Å²) in [5.41, 5.74) is -0.529. The molecule has 0 bridgehead atoms. The van der Waals surface area contributed by atoms with E-state index in [-0.39, 0.29) is 16.7 Å². The number of halogens is 3. The fraction of sp³-hybridized carbons (Fsp3) is 0.464. The lowest BCUT2D eigenvalue weighted by molar-refractivity contribution is -0.274. The van der Waals surface area contributed by atoms with Crippen molar-refractivity contribution >= 4 is 19.8 Å². The Labute approximate surface area is 227 Å². The summed E-state index contributed by atoms with van der Waals surface area (Å²) in [5, 5.41) is 0.546. The summed E-state index contributed by atoms with van der Waals surface area (Å²) >= 11 is 0. The third-order valence-corrected chi connectivity index (χ3v) is 9.00. The van der Waals surface area contributed by atoms with Crippen molar-refractivity contribution in [3.8, 4) is 22.6 Å². The molecule has 3 aromatic rings. The Kier molecular flexibility index (Phi) is 11.4. The molecule has 11 heteroatoms. The van der Waals surface area contributed by atoms with Crippen LogP contribution >= 0.6 is 0 Å². The normalized spacial score (nSPS) is 12.2. The molecule has 0 fully saturated rings. The number of benzene rings is 2. The molecular formula is C28H35F3O7Si. The van der Waals surface area contributed by atoms with Gasteiger partial charge in [0, 0.05) is 42.9 Å². The van der Waals surface area contributed by atoms with Crippen molar-refractivity contribution in [3.63, 3.8) is 0 Å². The fourth-order valence-corrected chi connectivity index (χ4v) is 6.95. The van der Waals surface area contributed by atoms with E-state index in [0.29, 0.717) is 37.6 Å². The number of fused-ring (bicyclic) bond motifs is 1. The number of hydrogen-bond donors (Lipinski definition) is 0. The predicted molar refractivity (Wildman–Crippen MR) is 144 cm³/mol. The fourth-order valence-electron chi connectivity index (χ4n) is 4.26. The minimum Gasteiger partial charge on any atom is -0.493 e. The molecule has 1 aromatic heterocycles. The zero-order valence-electron chi connectivity index (χ0n) is 22.5. The van der Waals surface area contributed by atoms with Crippen molar-refractivity contribution in [3.05, 3.63) is 59.0 Å². The van der Waals surface area contributed by atoms with E-state index in [1.165, 1.54) is 24.3 Å². The van der Waals surface area contributed by atoms with E-state index < -0.39 is 26.5 Å². The Balaban J connectivity index is 1.56. The van der Waals surface area contributed by atoms with E-state index in [9.17, 15) is 18.0 Å². The maximum absolute atomic E-state index is 12.8. The molecule has 0 atom stereocenters. The number of alkyl halides is 3. The maximum Gasteiger partial charge on any atom is 0.573 e. The van der Waals surface area contributed by atoms with Gasteiger partial charge in [0.05, 0.1) is 12.2 Å².